The zero-order valence-corrected chi connectivity index (χ0v) is 18.4. The molecule has 0 aliphatic carbocycles. The Morgan fingerprint density at radius 1 is 1.09 bits per heavy atom. The fourth-order valence-corrected chi connectivity index (χ4v) is 6.36. The molecule has 0 unspecified atom stereocenters. The van der Waals surface area contributed by atoms with Gasteiger partial charge >= 0.3 is 0 Å². The maximum Gasteiger partial charge on any atom is 0.255 e. The minimum Gasteiger partial charge on any atom is -0.425 e. The molecule has 1 aliphatic heterocycles. The second kappa shape index (κ2) is 8.43. The Labute approximate surface area is 187 Å². The molecule has 2 heterocycles. The number of hydrogen-bond acceptors (Lipinski definition) is 12. The van der Waals surface area contributed by atoms with E-state index in [1.165, 1.54) is 12.3 Å². The summed E-state index contributed by atoms with van der Waals surface area (Å²) in [6, 6.07) is 7.38. The number of hydrogen-bond donors (Lipinski definition) is 8. The van der Waals surface area contributed by atoms with E-state index < -0.39 is 53.8 Å². The lowest BCUT2D eigenvalue weighted by atomic mass is 9.96. The highest BCUT2D eigenvalue weighted by Gasteiger charge is 2.34. The van der Waals surface area contributed by atoms with Crippen molar-refractivity contribution in [2.45, 2.75) is 16.0 Å². The van der Waals surface area contributed by atoms with E-state index in [4.69, 9.17) is 10.5 Å². The minimum absolute atomic E-state index is 0.0319. The Kier molecular flexibility index (Phi) is 5.93. The van der Waals surface area contributed by atoms with E-state index in [9.17, 15) is 27.1 Å². The molecule has 0 saturated carbocycles. The quantitative estimate of drug-likeness (QED) is 0.173. The molecule has 16 heteroatoms. The van der Waals surface area contributed by atoms with Crippen LogP contribution in [0.4, 0.5) is 0 Å². The van der Waals surface area contributed by atoms with E-state index in [1.807, 2.05) is 0 Å². The van der Waals surface area contributed by atoms with E-state index in [2.05, 4.69) is 26.9 Å². The van der Waals surface area contributed by atoms with Crippen molar-refractivity contribution in [2.24, 2.45) is 5.14 Å². The summed E-state index contributed by atoms with van der Waals surface area (Å²) in [5.74, 6) is -0.704. The number of benzene rings is 2. The van der Waals surface area contributed by atoms with Crippen molar-refractivity contribution < 1.29 is 27.1 Å². The molecule has 1 fully saturated rings. The third-order valence-electron chi connectivity index (χ3n) is 4.98. The highest BCUT2D eigenvalue weighted by molar-refractivity contribution is 7.93. The molecule has 1 saturated heterocycles. The molecular weight excluding hydrogens is 476 g/mol. The predicted molar refractivity (Wildman–Crippen MR) is 114 cm³/mol. The maximum absolute atomic E-state index is 12.8. The maximum atomic E-state index is 12.8. The van der Waals surface area contributed by atoms with Crippen LogP contribution in [0.5, 0.6) is 0 Å². The normalized spacial score (nSPS) is 15.3. The van der Waals surface area contributed by atoms with Gasteiger partial charge in [0.25, 0.3) is 5.62 Å². The van der Waals surface area contributed by atoms with E-state index in [1.54, 1.807) is 18.2 Å². The number of para-hydroxylation sites is 1. The van der Waals surface area contributed by atoms with Gasteiger partial charge in [-0.25, -0.2) is 37.8 Å². The van der Waals surface area contributed by atoms with Gasteiger partial charge in [0.2, 0.25) is 10.0 Å². The van der Waals surface area contributed by atoms with Crippen LogP contribution in [-0.4, -0.2) is 49.2 Å². The molecule has 33 heavy (non-hydrogen) atoms. The molecule has 9 N–H and O–H groups in total. The van der Waals surface area contributed by atoms with Crippen LogP contribution in [0.3, 0.4) is 0 Å². The number of rotatable bonds is 6. The van der Waals surface area contributed by atoms with Crippen LogP contribution < -0.4 is 32.7 Å². The summed E-state index contributed by atoms with van der Waals surface area (Å²) in [5, 5.41) is 32.7. The Balaban J connectivity index is 2.15. The first-order valence-corrected chi connectivity index (χ1v) is 12.6. The smallest absolute Gasteiger partial charge is 0.255 e. The molecule has 0 spiro atoms. The predicted octanol–water partition coefficient (Wildman–Crippen LogP) is -2.05. The summed E-state index contributed by atoms with van der Waals surface area (Å²) in [7, 11) is -8.82. The largest absolute Gasteiger partial charge is 0.425 e. The van der Waals surface area contributed by atoms with Crippen LogP contribution in [0.2, 0.25) is 0 Å². The summed E-state index contributed by atoms with van der Waals surface area (Å²) in [6.07, 6.45) is 0.304. The number of hydrazine groups is 3. The number of aromatic nitrogens is 2. The van der Waals surface area contributed by atoms with Gasteiger partial charge in [-0.3, -0.25) is 5.41 Å². The van der Waals surface area contributed by atoms with Crippen molar-refractivity contribution in [1.29, 1.82) is 5.41 Å². The summed E-state index contributed by atoms with van der Waals surface area (Å²) in [4.78, 5) is 2.88. The van der Waals surface area contributed by atoms with Gasteiger partial charge in [0, 0.05) is 16.5 Å². The third-order valence-corrected chi connectivity index (χ3v) is 7.85. The van der Waals surface area contributed by atoms with Gasteiger partial charge in [-0.2, -0.15) is 15.8 Å². The summed E-state index contributed by atoms with van der Waals surface area (Å²) in [6.45, 7) is -0.715. The number of primary sulfonamides is 1. The van der Waals surface area contributed by atoms with Crippen LogP contribution in [0.15, 0.2) is 46.3 Å². The van der Waals surface area contributed by atoms with Gasteiger partial charge in [-0.05, 0) is 11.6 Å². The number of nitrogens with two attached hydrogens (primary N) is 1. The fraction of sp³-hybridized carbons (Fsp3) is 0.176. The SMILES string of the molecule is N=c1nc2c(-c3ccc(S(=O)(=O)CCO)c(S(N)(=O)=O)c3C3NNNN3)cccc2cn1O. The Bertz CT molecular complexity index is 1510. The molecule has 1 aromatic heterocycles. The van der Waals surface area contributed by atoms with Crippen molar-refractivity contribution in [3.63, 3.8) is 0 Å². The molecular formula is C17H20N8O6S2. The fourth-order valence-electron chi connectivity index (χ4n) is 3.62. The molecule has 3 aromatic rings. The Morgan fingerprint density at radius 2 is 1.79 bits per heavy atom. The van der Waals surface area contributed by atoms with Crippen molar-refractivity contribution in [1.82, 2.24) is 31.6 Å². The van der Waals surface area contributed by atoms with Gasteiger partial charge < -0.3 is 10.3 Å². The first-order chi connectivity index (χ1) is 15.5. The molecule has 1 aliphatic rings. The zero-order chi connectivity index (χ0) is 24.0. The topological polar surface area (TPSA) is 225 Å². The number of sulfonamides is 1. The molecule has 0 bridgehead atoms. The molecule has 0 atom stereocenters. The minimum atomic E-state index is -4.60. The zero-order valence-electron chi connectivity index (χ0n) is 16.8. The van der Waals surface area contributed by atoms with Crippen LogP contribution in [0, 0.1) is 5.41 Å². The summed E-state index contributed by atoms with van der Waals surface area (Å²) >= 11 is 0. The van der Waals surface area contributed by atoms with Crippen LogP contribution in [-0.2, 0) is 19.9 Å². The molecule has 2 aromatic carbocycles. The van der Waals surface area contributed by atoms with Crippen LogP contribution in [0.1, 0.15) is 11.7 Å². The van der Waals surface area contributed by atoms with Crippen LogP contribution in [0.25, 0.3) is 22.0 Å². The standard InChI is InChI=1S/C17H20N8O6S2/c18-17-20-14-9(8-25(17)27)2-1-3-11(14)10-4-5-12(32(28,29)7-6-26)15(33(19,30)31)13(10)16-21-23-24-22-16/h1-5,8,16,18,21-24,26-27H,6-7H2,(H2,19,30,31). The van der Waals surface area contributed by atoms with Crippen molar-refractivity contribution in [3.8, 4) is 11.1 Å². The number of fused-ring (bicyclic) bond motifs is 1. The van der Waals surface area contributed by atoms with Crippen molar-refractivity contribution >= 4 is 30.8 Å². The summed E-state index contributed by atoms with van der Waals surface area (Å²) in [5.41, 5.74) is 11.0. The molecule has 0 amide bonds. The number of sulfone groups is 1. The highest BCUT2D eigenvalue weighted by atomic mass is 32.2. The van der Waals surface area contributed by atoms with E-state index in [0.29, 0.717) is 15.7 Å². The molecule has 4 rings (SSSR count). The summed E-state index contributed by atoms with van der Waals surface area (Å²) < 4.78 is 51.5. The number of nitrogens with zero attached hydrogens (tertiary/aromatic N) is 2. The van der Waals surface area contributed by atoms with Gasteiger partial charge in [0.1, 0.15) is 11.1 Å². The Morgan fingerprint density at radius 3 is 2.42 bits per heavy atom. The first kappa shape index (κ1) is 23.2. The van der Waals surface area contributed by atoms with Gasteiger partial charge in [-0.15, -0.1) is 0 Å². The lowest BCUT2D eigenvalue weighted by Gasteiger charge is -2.22. The molecule has 176 valence electrons. The van der Waals surface area contributed by atoms with E-state index in [-0.39, 0.29) is 16.6 Å². The second-order valence-electron chi connectivity index (χ2n) is 7.07. The monoisotopic (exact) mass is 496 g/mol. The Hall–Kier alpha value is -2.96. The van der Waals surface area contributed by atoms with E-state index >= 15 is 0 Å². The highest BCUT2D eigenvalue weighted by Crippen LogP contribution is 2.38. The second-order valence-corrected chi connectivity index (χ2v) is 10.6. The average molecular weight is 497 g/mol. The molecule has 0 radical (unpaired) electrons. The lowest BCUT2D eigenvalue weighted by Crippen LogP contribution is -2.33. The lowest BCUT2D eigenvalue weighted by molar-refractivity contribution is 0.167. The van der Waals surface area contributed by atoms with Crippen LogP contribution >= 0.6 is 0 Å². The van der Waals surface area contributed by atoms with E-state index in [0.717, 1.165) is 6.07 Å². The van der Waals surface area contributed by atoms with Crippen molar-refractivity contribution in [3.05, 3.63) is 47.7 Å². The average Bonchev–Trinajstić information content (AvgIpc) is 3.27. The van der Waals surface area contributed by atoms with Gasteiger partial charge in [-0.1, -0.05) is 24.3 Å². The number of nitrogens with one attached hydrogen (secondary N) is 5. The van der Waals surface area contributed by atoms with Gasteiger partial charge in [0.15, 0.2) is 9.84 Å². The van der Waals surface area contributed by atoms with Crippen molar-refractivity contribution in [2.75, 3.05) is 12.4 Å². The third kappa shape index (κ3) is 4.21. The van der Waals surface area contributed by atoms with Gasteiger partial charge in [0.05, 0.1) is 29.0 Å². The molecule has 14 nitrogen and oxygen atoms in total. The first-order valence-electron chi connectivity index (χ1n) is 9.35. The number of aliphatic hydroxyl groups is 1. The number of aliphatic hydroxyl groups excluding tert-OH is 1.